The van der Waals surface area contributed by atoms with Crippen molar-refractivity contribution < 1.29 is 14.9 Å². The smallest absolute Gasteiger partial charge is 0.179 e. The first kappa shape index (κ1) is 14.7. The molecule has 0 saturated carbocycles. The minimum absolute atomic E-state index is 0.0637. The maximum Gasteiger partial charge on any atom is 0.179 e. The summed E-state index contributed by atoms with van der Waals surface area (Å²) in [5, 5.41) is 9.03. The Labute approximate surface area is 109 Å². The van der Waals surface area contributed by atoms with Crippen LogP contribution in [0.4, 0.5) is 0 Å². The molecule has 0 atom stereocenters. The topological polar surface area (TPSA) is 46.5 Å². The van der Waals surface area contributed by atoms with E-state index in [-0.39, 0.29) is 16.6 Å². The molecule has 1 rings (SSSR count). The second-order valence-electron chi connectivity index (χ2n) is 6.65. The molecule has 0 amide bonds. The van der Waals surface area contributed by atoms with Crippen LogP contribution >= 0.6 is 0 Å². The van der Waals surface area contributed by atoms with E-state index in [4.69, 9.17) is 5.26 Å². The van der Waals surface area contributed by atoms with Gasteiger partial charge in [-0.3, -0.25) is 4.79 Å². The lowest BCUT2D eigenvalue weighted by atomic mass is 9.79. The largest absolute Gasteiger partial charge is 0.339 e. The van der Waals surface area contributed by atoms with Gasteiger partial charge in [-0.1, -0.05) is 47.6 Å². The zero-order valence-electron chi connectivity index (χ0n) is 12.0. The highest BCUT2D eigenvalue weighted by molar-refractivity contribution is 5.81. The monoisotopic (exact) mass is 250 g/mol. The summed E-state index contributed by atoms with van der Waals surface area (Å²) in [7, 11) is 0. The molecule has 0 bridgehead atoms. The number of benzene rings is 1. The van der Waals surface area contributed by atoms with Crippen molar-refractivity contribution in [3.8, 4) is 5.75 Å². The molecule has 0 spiro atoms. The van der Waals surface area contributed by atoms with Crippen LogP contribution < -0.4 is 4.89 Å². The van der Waals surface area contributed by atoms with Crippen molar-refractivity contribution in [3.05, 3.63) is 28.8 Å². The van der Waals surface area contributed by atoms with Gasteiger partial charge in [0.15, 0.2) is 12.0 Å². The molecule has 100 valence electrons. The standard InChI is InChI=1S/C15H22O3/c1-14(2,3)11-7-10(9-16)13(18-17)12(8-11)15(4,5)6/h7-9,17H,1-6H3. The lowest BCUT2D eigenvalue weighted by Gasteiger charge is -2.27. The first-order chi connectivity index (χ1) is 8.11. The van der Waals surface area contributed by atoms with Crippen LogP contribution in [-0.2, 0) is 10.8 Å². The highest BCUT2D eigenvalue weighted by Crippen LogP contribution is 2.37. The molecule has 0 unspecified atom stereocenters. The number of carbonyl (C=O) groups is 1. The molecule has 0 saturated heterocycles. The molecule has 0 aromatic heterocycles. The molecule has 0 aliphatic heterocycles. The molecule has 3 nitrogen and oxygen atoms in total. The fourth-order valence-electron chi connectivity index (χ4n) is 1.83. The molecule has 3 heteroatoms. The molecule has 1 aromatic carbocycles. The van der Waals surface area contributed by atoms with Gasteiger partial charge in [0, 0.05) is 5.56 Å². The van der Waals surface area contributed by atoms with Crippen LogP contribution in [-0.4, -0.2) is 11.5 Å². The maximum absolute atomic E-state index is 11.2. The summed E-state index contributed by atoms with van der Waals surface area (Å²) in [5.74, 6) is 0.255. The van der Waals surface area contributed by atoms with Crippen LogP contribution in [0.5, 0.6) is 5.75 Å². The van der Waals surface area contributed by atoms with Crippen LogP contribution in [0.25, 0.3) is 0 Å². The quantitative estimate of drug-likeness (QED) is 0.491. The number of rotatable bonds is 2. The van der Waals surface area contributed by atoms with Gasteiger partial charge in [0.1, 0.15) is 0 Å². The second-order valence-corrected chi connectivity index (χ2v) is 6.65. The zero-order valence-corrected chi connectivity index (χ0v) is 12.0. The summed E-state index contributed by atoms with van der Waals surface area (Å²) in [6.45, 7) is 12.3. The third-order valence-corrected chi connectivity index (χ3v) is 3.01. The number of carbonyl (C=O) groups excluding carboxylic acids is 1. The summed E-state index contributed by atoms with van der Waals surface area (Å²) in [4.78, 5) is 15.6. The van der Waals surface area contributed by atoms with Gasteiger partial charge in [-0.2, -0.15) is 0 Å². The molecule has 0 aliphatic carbocycles. The third-order valence-electron chi connectivity index (χ3n) is 3.01. The lowest BCUT2D eigenvalue weighted by molar-refractivity contribution is -0.139. The van der Waals surface area contributed by atoms with E-state index in [0.29, 0.717) is 5.56 Å². The second kappa shape index (κ2) is 4.73. The Morgan fingerprint density at radius 1 is 1.06 bits per heavy atom. The van der Waals surface area contributed by atoms with E-state index in [2.05, 4.69) is 25.7 Å². The Hall–Kier alpha value is -1.35. The third kappa shape index (κ3) is 2.91. The van der Waals surface area contributed by atoms with Gasteiger partial charge in [0.2, 0.25) is 0 Å². The van der Waals surface area contributed by atoms with Crippen molar-refractivity contribution in [2.45, 2.75) is 52.4 Å². The minimum atomic E-state index is -0.211. The highest BCUT2D eigenvalue weighted by Gasteiger charge is 2.26. The maximum atomic E-state index is 11.2. The van der Waals surface area contributed by atoms with Crippen molar-refractivity contribution >= 4 is 6.29 Å². The van der Waals surface area contributed by atoms with Crippen LogP contribution in [0.1, 0.15) is 63.0 Å². The van der Waals surface area contributed by atoms with Crippen molar-refractivity contribution in [2.75, 3.05) is 0 Å². The summed E-state index contributed by atoms with van der Waals surface area (Å²) >= 11 is 0. The molecule has 18 heavy (non-hydrogen) atoms. The predicted molar refractivity (Wildman–Crippen MR) is 72.5 cm³/mol. The number of hydrogen-bond donors (Lipinski definition) is 1. The Bertz CT molecular complexity index is 448. The first-order valence-corrected chi connectivity index (χ1v) is 6.07. The van der Waals surface area contributed by atoms with Crippen LogP contribution in [0.3, 0.4) is 0 Å². The zero-order chi connectivity index (χ0) is 14.1. The van der Waals surface area contributed by atoms with E-state index < -0.39 is 0 Å². The van der Waals surface area contributed by atoms with Gasteiger partial charge in [-0.15, -0.1) is 0 Å². The van der Waals surface area contributed by atoms with Crippen molar-refractivity contribution in [1.29, 1.82) is 0 Å². The molecular formula is C15H22O3. The molecule has 0 fully saturated rings. The Morgan fingerprint density at radius 3 is 1.94 bits per heavy atom. The van der Waals surface area contributed by atoms with Gasteiger partial charge in [-0.25, -0.2) is 5.26 Å². The van der Waals surface area contributed by atoms with Gasteiger partial charge in [0.25, 0.3) is 0 Å². The average Bonchev–Trinajstić information content (AvgIpc) is 2.24. The van der Waals surface area contributed by atoms with Crippen molar-refractivity contribution in [3.63, 3.8) is 0 Å². The van der Waals surface area contributed by atoms with Crippen LogP contribution in [0.15, 0.2) is 12.1 Å². The normalized spacial score (nSPS) is 12.4. The van der Waals surface area contributed by atoms with E-state index >= 15 is 0 Å². The summed E-state index contributed by atoms with van der Waals surface area (Å²) in [6, 6.07) is 3.77. The molecule has 0 aliphatic rings. The van der Waals surface area contributed by atoms with E-state index in [1.54, 1.807) is 6.07 Å². The van der Waals surface area contributed by atoms with Gasteiger partial charge >= 0.3 is 0 Å². The summed E-state index contributed by atoms with van der Waals surface area (Å²) in [5.41, 5.74) is 1.99. The predicted octanol–water partition coefficient (Wildman–Crippen LogP) is 3.95. The number of aldehydes is 1. The molecule has 1 N–H and O–H groups in total. The van der Waals surface area contributed by atoms with Gasteiger partial charge in [0.05, 0.1) is 5.56 Å². The fourth-order valence-corrected chi connectivity index (χ4v) is 1.83. The van der Waals surface area contributed by atoms with Crippen LogP contribution in [0, 0.1) is 0 Å². The Morgan fingerprint density at radius 2 is 1.61 bits per heavy atom. The van der Waals surface area contributed by atoms with E-state index in [0.717, 1.165) is 17.4 Å². The lowest BCUT2D eigenvalue weighted by Crippen LogP contribution is -2.18. The first-order valence-electron chi connectivity index (χ1n) is 6.07. The fraction of sp³-hybridized carbons (Fsp3) is 0.533. The molecule has 0 heterocycles. The molecular weight excluding hydrogens is 228 g/mol. The molecule has 1 aromatic rings. The van der Waals surface area contributed by atoms with E-state index in [1.807, 2.05) is 26.8 Å². The van der Waals surface area contributed by atoms with Crippen molar-refractivity contribution in [2.24, 2.45) is 0 Å². The van der Waals surface area contributed by atoms with Crippen LogP contribution in [0.2, 0.25) is 0 Å². The van der Waals surface area contributed by atoms with E-state index in [9.17, 15) is 4.79 Å². The van der Waals surface area contributed by atoms with Gasteiger partial charge in [-0.05, 0) is 22.5 Å². The van der Waals surface area contributed by atoms with Gasteiger partial charge < -0.3 is 4.89 Å². The SMILES string of the molecule is CC(C)(C)c1cc(C=O)c(OO)c(C(C)(C)C)c1. The van der Waals surface area contributed by atoms with E-state index in [1.165, 1.54) is 0 Å². The summed E-state index contributed by atoms with van der Waals surface area (Å²) in [6.07, 6.45) is 0.718. The summed E-state index contributed by atoms with van der Waals surface area (Å²) < 4.78 is 0. The Kier molecular flexibility index (Phi) is 3.86. The van der Waals surface area contributed by atoms with Crippen molar-refractivity contribution in [1.82, 2.24) is 0 Å². The Balaban J connectivity index is 3.62. The highest BCUT2D eigenvalue weighted by atomic mass is 17.1. The molecule has 0 radical (unpaired) electrons. The minimum Gasteiger partial charge on any atom is -0.339 e. The average molecular weight is 250 g/mol. The number of hydrogen-bond acceptors (Lipinski definition) is 3.